The molecule has 0 aromatic carbocycles. The monoisotopic (exact) mass is 263 g/mol. The summed E-state index contributed by atoms with van der Waals surface area (Å²) in [6, 6.07) is 2.23. The van der Waals surface area contributed by atoms with Gasteiger partial charge < -0.3 is 15.7 Å². The van der Waals surface area contributed by atoms with Gasteiger partial charge in [-0.3, -0.25) is 0 Å². The van der Waals surface area contributed by atoms with Crippen molar-refractivity contribution in [2.45, 2.75) is 19.2 Å². The third kappa shape index (κ3) is 4.89. The Morgan fingerprint density at radius 2 is 2.11 bits per heavy atom. The highest BCUT2D eigenvalue weighted by Crippen LogP contribution is 2.33. The van der Waals surface area contributed by atoms with Gasteiger partial charge in [0.25, 0.3) is 0 Å². The van der Waals surface area contributed by atoms with Crippen molar-refractivity contribution < 1.29 is 18.3 Å². The number of aromatic nitrogens is 1. The fourth-order valence-electron chi connectivity index (χ4n) is 1.36. The minimum Gasteiger partial charge on any atom is -0.392 e. The number of pyridine rings is 1. The molecule has 1 atom stereocenters. The van der Waals surface area contributed by atoms with Gasteiger partial charge in [0.05, 0.1) is 11.7 Å². The molecule has 0 fully saturated rings. The van der Waals surface area contributed by atoms with Crippen LogP contribution in [0.5, 0.6) is 0 Å². The molecule has 1 unspecified atom stereocenters. The zero-order chi connectivity index (χ0) is 13.6. The number of aliphatic hydroxyl groups excluding tert-OH is 1. The number of alkyl halides is 3. The molecule has 1 aromatic rings. The molecule has 0 saturated heterocycles. The predicted octanol–water partition coefficient (Wildman–Crippen LogP) is 1.48. The molecule has 0 aliphatic rings. The van der Waals surface area contributed by atoms with Crippen LogP contribution in [0.25, 0.3) is 0 Å². The molecule has 1 rings (SSSR count). The quantitative estimate of drug-likeness (QED) is 0.680. The Morgan fingerprint density at radius 3 is 2.72 bits per heavy atom. The van der Waals surface area contributed by atoms with E-state index in [4.69, 9.17) is 5.11 Å². The summed E-state index contributed by atoms with van der Waals surface area (Å²) in [5, 5.41) is 14.5. The van der Waals surface area contributed by atoms with E-state index in [0.717, 1.165) is 6.07 Å². The number of hydrogen-bond donors (Lipinski definition) is 3. The second kappa shape index (κ2) is 6.55. The highest BCUT2D eigenvalue weighted by molar-refractivity contribution is 5.45. The number of nitrogens with one attached hydrogen (secondary N) is 2. The molecule has 0 aliphatic carbocycles. The fraction of sp³-hybridized carbons (Fsp3) is 0.545. The third-order valence-electron chi connectivity index (χ3n) is 2.15. The molecule has 0 saturated carbocycles. The molecule has 1 heterocycles. The van der Waals surface area contributed by atoms with E-state index in [0.29, 0.717) is 19.6 Å². The Balaban J connectivity index is 2.47. The molecule has 102 valence electrons. The van der Waals surface area contributed by atoms with Crippen molar-refractivity contribution in [2.24, 2.45) is 0 Å². The van der Waals surface area contributed by atoms with Crippen molar-refractivity contribution in [2.75, 3.05) is 25.0 Å². The van der Waals surface area contributed by atoms with Crippen molar-refractivity contribution in [1.29, 1.82) is 0 Å². The number of aliphatic hydroxyl groups is 1. The van der Waals surface area contributed by atoms with E-state index in [1.165, 1.54) is 12.3 Å². The minimum absolute atomic E-state index is 0.177. The number of halogens is 3. The minimum atomic E-state index is -4.41. The SMILES string of the molecule is CC(O)CNCCNc1ncccc1C(F)(F)F. The van der Waals surface area contributed by atoms with Crippen LogP contribution in [0.3, 0.4) is 0 Å². The topological polar surface area (TPSA) is 57.2 Å². The lowest BCUT2D eigenvalue weighted by atomic mass is 10.2. The van der Waals surface area contributed by atoms with E-state index in [2.05, 4.69) is 15.6 Å². The predicted molar refractivity (Wildman–Crippen MR) is 62.3 cm³/mol. The Morgan fingerprint density at radius 1 is 1.39 bits per heavy atom. The summed E-state index contributed by atoms with van der Waals surface area (Å²) in [5.74, 6) is -0.177. The normalized spacial score (nSPS) is 13.4. The lowest BCUT2D eigenvalue weighted by Gasteiger charge is -2.13. The summed E-state index contributed by atoms with van der Waals surface area (Å²) < 4.78 is 37.8. The zero-order valence-electron chi connectivity index (χ0n) is 9.96. The summed E-state index contributed by atoms with van der Waals surface area (Å²) in [6.45, 7) is 2.77. The van der Waals surface area contributed by atoms with Crippen LogP contribution in [0.15, 0.2) is 18.3 Å². The number of rotatable bonds is 6. The molecular weight excluding hydrogens is 247 g/mol. The lowest BCUT2D eigenvalue weighted by molar-refractivity contribution is -0.137. The Kier molecular flexibility index (Phi) is 5.36. The second-order valence-electron chi connectivity index (χ2n) is 3.88. The van der Waals surface area contributed by atoms with Crippen LogP contribution in [0.1, 0.15) is 12.5 Å². The Hall–Kier alpha value is -1.34. The van der Waals surface area contributed by atoms with E-state index in [9.17, 15) is 13.2 Å². The average molecular weight is 263 g/mol. The van der Waals surface area contributed by atoms with Gasteiger partial charge in [0.2, 0.25) is 0 Å². The molecule has 0 amide bonds. The van der Waals surface area contributed by atoms with E-state index < -0.39 is 17.8 Å². The van der Waals surface area contributed by atoms with Gasteiger partial charge in [-0.2, -0.15) is 13.2 Å². The van der Waals surface area contributed by atoms with Gasteiger partial charge in [-0.15, -0.1) is 0 Å². The van der Waals surface area contributed by atoms with Crippen molar-refractivity contribution in [1.82, 2.24) is 10.3 Å². The van der Waals surface area contributed by atoms with Gasteiger partial charge in [-0.05, 0) is 19.1 Å². The maximum absolute atomic E-state index is 12.6. The first kappa shape index (κ1) is 14.7. The average Bonchev–Trinajstić information content (AvgIpc) is 2.27. The van der Waals surface area contributed by atoms with Gasteiger partial charge >= 0.3 is 6.18 Å². The highest BCUT2D eigenvalue weighted by atomic mass is 19.4. The summed E-state index contributed by atoms with van der Waals surface area (Å²) >= 11 is 0. The first-order valence-electron chi connectivity index (χ1n) is 5.56. The second-order valence-corrected chi connectivity index (χ2v) is 3.88. The van der Waals surface area contributed by atoms with Crippen LogP contribution in [0.2, 0.25) is 0 Å². The summed E-state index contributed by atoms with van der Waals surface area (Å²) in [6.07, 6.45) is -3.59. The Bertz CT molecular complexity index is 369. The summed E-state index contributed by atoms with van der Waals surface area (Å²) in [5.41, 5.74) is -0.777. The van der Waals surface area contributed by atoms with Crippen LogP contribution >= 0.6 is 0 Å². The summed E-state index contributed by atoms with van der Waals surface area (Å²) in [7, 11) is 0. The van der Waals surface area contributed by atoms with Gasteiger partial charge in [-0.25, -0.2) is 4.98 Å². The highest BCUT2D eigenvalue weighted by Gasteiger charge is 2.33. The molecule has 0 bridgehead atoms. The van der Waals surface area contributed by atoms with Gasteiger partial charge in [0.1, 0.15) is 5.82 Å². The first-order valence-corrected chi connectivity index (χ1v) is 5.56. The van der Waals surface area contributed by atoms with Gasteiger partial charge in [0.15, 0.2) is 0 Å². The molecular formula is C11H16F3N3O. The maximum atomic E-state index is 12.6. The smallest absolute Gasteiger partial charge is 0.392 e. The zero-order valence-corrected chi connectivity index (χ0v) is 9.96. The maximum Gasteiger partial charge on any atom is 0.419 e. The molecule has 0 spiro atoms. The van der Waals surface area contributed by atoms with Crippen molar-refractivity contribution in [3.05, 3.63) is 23.9 Å². The van der Waals surface area contributed by atoms with E-state index in [-0.39, 0.29) is 5.82 Å². The van der Waals surface area contributed by atoms with E-state index in [1.54, 1.807) is 6.92 Å². The summed E-state index contributed by atoms with van der Waals surface area (Å²) in [4.78, 5) is 3.67. The molecule has 1 aromatic heterocycles. The molecule has 18 heavy (non-hydrogen) atoms. The lowest BCUT2D eigenvalue weighted by Crippen LogP contribution is -2.29. The standard InChI is InChI=1S/C11H16F3N3O/c1-8(18)7-15-5-6-17-10-9(11(12,13)14)3-2-4-16-10/h2-4,8,15,18H,5-7H2,1H3,(H,16,17). The van der Waals surface area contributed by atoms with Crippen molar-refractivity contribution >= 4 is 5.82 Å². The van der Waals surface area contributed by atoms with E-state index in [1.807, 2.05) is 0 Å². The molecule has 0 aliphatic heterocycles. The van der Waals surface area contributed by atoms with Crippen LogP contribution in [0.4, 0.5) is 19.0 Å². The number of anilines is 1. The molecule has 7 heteroatoms. The first-order chi connectivity index (χ1) is 8.41. The van der Waals surface area contributed by atoms with Crippen molar-refractivity contribution in [3.63, 3.8) is 0 Å². The van der Waals surface area contributed by atoms with Crippen LogP contribution in [-0.4, -0.2) is 35.8 Å². The Labute approximate surface area is 103 Å². The number of nitrogens with zero attached hydrogens (tertiary/aromatic N) is 1. The van der Waals surface area contributed by atoms with Crippen LogP contribution < -0.4 is 10.6 Å². The van der Waals surface area contributed by atoms with E-state index >= 15 is 0 Å². The fourth-order valence-corrected chi connectivity index (χ4v) is 1.36. The van der Waals surface area contributed by atoms with Crippen molar-refractivity contribution in [3.8, 4) is 0 Å². The molecule has 0 radical (unpaired) electrons. The molecule has 3 N–H and O–H groups in total. The van der Waals surface area contributed by atoms with Gasteiger partial charge in [0, 0.05) is 25.8 Å². The third-order valence-corrected chi connectivity index (χ3v) is 2.15. The van der Waals surface area contributed by atoms with Crippen LogP contribution in [0, 0.1) is 0 Å². The number of hydrogen-bond acceptors (Lipinski definition) is 4. The largest absolute Gasteiger partial charge is 0.419 e. The van der Waals surface area contributed by atoms with Crippen LogP contribution in [-0.2, 0) is 6.18 Å². The van der Waals surface area contributed by atoms with Gasteiger partial charge in [-0.1, -0.05) is 0 Å². The molecule has 4 nitrogen and oxygen atoms in total.